The predicted octanol–water partition coefficient (Wildman–Crippen LogP) is 3.59. The fourth-order valence-corrected chi connectivity index (χ4v) is 3.59. The van der Waals surface area contributed by atoms with Crippen LogP contribution in [0.15, 0.2) is 34.2 Å². The summed E-state index contributed by atoms with van der Waals surface area (Å²) in [5.74, 6) is 0.753. The first kappa shape index (κ1) is 15.2. The zero-order chi connectivity index (χ0) is 15.4. The number of hydrogen-bond acceptors (Lipinski definition) is 4. The standard InChI is InChI=1S/C17H20N2O2S/c1-2-21-14-9-5-6-12(10-14)11-15-16(20)19-17(22-15)18-13-7-3-4-8-13/h5-6,9-11,13H,2-4,7-8H2,1H3,(H,18,19,20). The van der Waals surface area contributed by atoms with Crippen LogP contribution < -0.4 is 10.1 Å². The van der Waals surface area contributed by atoms with E-state index in [1.165, 1.54) is 24.6 Å². The van der Waals surface area contributed by atoms with Gasteiger partial charge in [-0.2, -0.15) is 0 Å². The van der Waals surface area contributed by atoms with Gasteiger partial charge in [0.25, 0.3) is 5.91 Å². The Hall–Kier alpha value is -1.75. The van der Waals surface area contributed by atoms with E-state index in [4.69, 9.17) is 4.74 Å². The van der Waals surface area contributed by atoms with Crippen LogP contribution in [0.2, 0.25) is 0 Å². The molecule has 1 aliphatic carbocycles. The summed E-state index contributed by atoms with van der Waals surface area (Å²) in [4.78, 5) is 17.4. The lowest BCUT2D eigenvalue weighted by Gasteiger charge is -2.03. The number of amides is 1. The molecule has 116 valence electrons. The molecule has 22 heavy (non-hydrogen) atoms. The second-order valence-corrected chi connectivity index (χ2v) is 6.47. The summed E-state index contributed by atoms with van der Waals surface area (Å²) in [6.45, 7) is 2.59. The molecule has 2 fully saturated rings. The molecule has 1 heterocycles. The van der Waals surface area contributed by atoms with Gasteiger partial charge in [-0.15, -0.1) is 0 Å². The molecule has 1 saturated heterocycles. The molecule has 1 aliphatic heterocycles. The van der Waals surface area contributed by atoms with Crippen molar-refractivity contribution >= 4 is 28.9 Å². The summed E-state index contributed by atoms with van der Waals surface area (Å²) in [5.41, 5.74) is 0.964. The molecule has 1 aromatic rings. The van der Waals surface area contributed by atoms with Crippen molar-refractivity contribution in [3.05, 3.63) is 34.7 Å². The summed E-state index contributed by atoms with van der Waals surface area (Å²) >= 11 is 1.43. The van der Waals surface area contributed by atoms with Crippen molar-refractivity contribution in [2.24, 2.45) is 4.99 Å². The van der Waals surface area contributed by atoms with Crippen LogP contribution in [-0.2, 0) is 4.79 Å². The minimum absolute atomic E-state index is 0.0661. The molecule has 0 bridgehead atoms. The van der Waals surface area contributed by atoms with Gasteiger partial charge in [0.1, 0.15) is 5.75 Å². The Labute approximate surface area is 135 Å². The number of rotatable bonds is 4. The highest BCUT2D eigenvalue weighted by Crippen LogP contribution is 2.29. The van der Waals surface area contributed by atoms with Gasteiger partial charge in [0.2, 0.25) is 0 Å². The van der Waals surface area contributed by atoms with Crippen LogP contribution >= 0.6 is 11.8 Å². The van der Waals surface area contributed by atoms with Gasteiger partial charge in [0.05, 0.1) is 17.6 Å². The molecule has 4 nitrogen and oxygen atoms in total. The van der Waals surface area contributed by atoms with Crippen LogP contribution in [0.1, 0.15) is 38.2 Å². The summed E-state index contributed by atoms with van der Waals surface area (Å²) in [7, 11) is 0. The van der Waals surface area contributed by atoms with E-state index >= 15 is 0 Å². The zero-order valence-electron chi connectivity index (χ0n) is 12.7. The van der Waals surface area contributed by atoms with Crippen molar-refractivity contribution in [1.29, 1.82) is 0 Å². The third-order valence-corrected chi connectivity index (χ3v) is 4.67. The van der Waals surface area contributed by atoms with Gasteiger partial charge < -0.3 is 10.1 Å². The van der Waals surface area contributed by atoms with Crippen molar-refractivity contribution in [3.8, 4) is 5.75 Å². The van der Waals surface area contributed by atoms with Gasteiger partial charge in [0.15, 0.2) is 5.17 Å². The number of carbonyl (C=O) groups is 1. The number of hydrogen-bond donors (Lipinski definition) is 1. The summed E-state index contributed by atoms with van der Waals surface area (Å²) in [6, 6.07) is 8.14. The molecule has 5 heteroatoms. The normalized spacial score (nSPS) is 22.5. The zero-order valence-corrected chi connectivity index (χ0v) is 13.5. The first-order valence-electron chi connectivity index (χ1n) is 7.76. The Bertz CT molecular complexity index is 619. The van der Waals surface area contributed by atoms with E-state index in [1.54, 1.807) is 0 Å². The number of benzene rings is 1. The van der Waals surface area contributed by atoms with Crippen LogP contribution in [-0.4, -0.2) is 23.7 Å². The maximum absolute atomic E-state index is 12.1. The van der Waals surface area contributed by atoms with Crippen LogP contribution in [0.3, 0.4) is 0 Å². The first-order chi connectivity index (χ1) is 10.7. The number of thioether (sulfide) groups is 1. The number of aliphatic imine (C=N–C) groups is 1. The highest BCUT2D eigenvalue weighted by atomic mass is 32.2. The molecular weight excluding hydrogens is 296 g/mol. The number of nitrogens with zero attached hydrogens (tertiary/aromatic N) is 1. The third kappa shape index (κ3) is 3.71. The second-order valence-electron chi connectivity index (χ2n) is 5.44. The largest absolute Gasteiger partial charge is 0.494 e. The van der Waals surface area contributed by atoms with Crippen molar-refractivity contribution in [3.63, 3.8) is 0 Å². The molecule has 0 atom stereocenters. The fourth-order valence-electron chi connectivity index (χ4n) is 2.70. The topological polar surface area (TPSA) is 50.7 Å². The van der Waals surface area contributed by atoms with Gasteiger partial charge in [-0.3, -0.25) is 9.79 Å². The highest BCUT2D eigenvalue weighted by molar-refractivity contribution is 8.18. The molecular formula is C17H20N2O2S. The van der Waals surface area contributed by atoms with Gasteiger partial charge >= 0.3 is 0 Å². The molecule has 1 amide bonds. The minimum atomic E-state index is -0.0661. The van der Waals surface area contributed by atoms with Gasteiger partial charge in [-0.1, -0.05) is 25.0 Å². The van der Waals surface area contributed by atoms with Crippen molar-refractivity contribution in [2.45, 2.75) is 38.6 Å². The molecule has 0 spiro atoms. The third-order valence-electron chi connectivity index (χ3n) is 3.74. The summed E-state index contributed by atoms with van der Waals surface area (Å²) in [6.07, 6.45) is 6.64. The lowest BCUT2D eigenvalue weighted by Crippen LogP contribution is -2.21. The van der Waals surface area contributed by atoms with Crippen LogP contribution in [0.4, 0.5) is 0 Å². The van der Waals surface area contributed by atoms with Crippen molar-refractivity contribution in [2.75, 3.05) is 6.61 Å². The average Bonchev–Trinajstić information content (AvgIpc) is 3.11. The van der Waals surface area contributed by atoms with Crippen molar-refractivity contribution < 1.29 is 9.53 Å². The van der Waals surface area contributed by atoms with Crippen LogP contribution in [0.25, 0.3) is 6.08 Å². The quantitative estimate of drug-likeness (QED) is 0.864. The lowest BCUT2D eigenvalue weighted by atomic mass is 10.2. The summed E-state index contributed by atoms with van der Waals surface area (Å²) in [5, 5.41) is 3.61. The Morgan fingerprint density at radius 1 is 1.41 bits per heavy atom. The van der Waals surface area contributed by atoms with Crippen LogP contribution in [0.5, 0.6) is 5.75 Å². The van der Waals surface area contributed by atoms with E-state index in [-0.39, 0.29) is 5.91 Å². The van der Waals surface area contributed by atoms with E-state index in [0.29, 0.717) is 17.6 Å². The van der Waals surface area contributed by atoms with Gasteiger partial charge in [-0.05, 0) is 55.3 Å². The molecule has 0 aromatic heterocycles. The van der Waals surface area contributed by atoms with Gasteiger partial charge in [0, 0.05) is 0 Å². The van der Waals surface area contributed by atoms with Crippen LogP contribution in [0, 0.1) is 0 Å². The molecule has 3 rings (SSSR count). The summed E-state index contributed by atoms with van der Waals surface area (Å²) < 4.78 is 5.49. The molecule has 1 aromatic carbocycles. The van der Waals surface area contributed by atoms with E-state index in [0.717, 1.165) is 29.3 Å². The Kier molecular flexibility index (Phi) is 4.83. The highest BCUT2D eigenvalue weighted by Gasteiger charge is 2.25. The maximum atomic E-state index is 12.1. The smallest absolute Gasteiger partial charge is 0.264 e. The Morgan fingerprint density at radius 2 is 2.23 bits per heavy atom. The Morgan fingerprint density at radius 3 is 3.00 bits per heavy atom. The number of carbonyl (C=O) groups excluding carboxylic acids is 1. The van der Waals surface area contributed by atoms with Gasteiger partial charge in [-0.25, -0.2) is 0 Å². The molecule has 0 unspecified atom stereocenters. The minimum Gasteiger partial charge on any atom is -0.494 e. The number of nitrogens with one attached hydrogen (secondary N) is 1. The van der Waals surface area contributed by atoms with Crippen molar-refractivity contribution in [1.82, 2.24) is 5.32 Å². The van der Waals surface area contributed by atoms with E-state index < -0.39 is 0 Å². The molecule has 2 aliphatic rings. The average molecular weight is 316 g/mol. The molecule has 1 saturated carbocycles. The maximum Gasteiger partial charge on any atom is 0.264 e. The van der Waals surface area contributed by atoms with E-state index in [2.05, 4.69) is 10.3 Å². The monoisotopic (exact) mass is 316 g/mol. The fraction of sp³-hybridized carbons (Fsp3) is 0.412. The second kappa shape index (κ2) is 7.01. The molecule has 0 radical (unpaired) electrons. The lowest BCUT2D eigenvalue weighted by molar-refractivity contribution is -0.115. The predicted molar refractivity (Wildman–Crippen MR) is 91.0 cm³/mol. The van der Waals surface area contributed by atoms with E-state index in [9.17, 15) is 4.79 Å². The molecule has 1 N–H and O–H groups in total. The van der Waals surface area contributed by atoms with E-state index in [1.807, 2.05) is 37.3 Å². The SMILES string of the molecule is CCOc1cccc(C=C2SC(=NC3CCCC3)NC2=O)c1. The number of amidine groups is 1. The Balaban J connectivity index is 1.74. The number of ether oxygens (including phenoxy) is 1. The first-order valence-corrected chi connectivity index (χ1v) is 8.58.